The number of halogens is 1. The molecular weight excluding hydrogens is 428 g/mol. The van der Waals surface area contributed by atoms with Crippen molar-refractivity contribution < 1.29 is 9.59 Å². The second-order valence-electron chi connectivity index (χ2n) is 6.69. The fourth-order valence-corrected chi connectivity index (χ4v) is 3.36. The summed E-state index contributed by atoms with van der Waals surface area (Å²) in [5, 5.41) is 5.79. The topological polar surface area (TPSA) is 58.2 Å². The highest BCUT2D eigenvalue weighted by molar-refractivity contribution is 9.10. The predicted octanol–water partition coefficient (Wildman–Crippen LogP) is 4.52. The molecule has 0 radical (unpaired) electrons. The van der Waals surface area contributed by atoms with Crippen LogP contribution in [0.4, 0.5) is 0 Å². The monoisotopic (exact) mass is 450 g/mol. The Kier molecular flexibility index (Phi) is 7.59. The number of benzene rings is 3. The lowest BCUT2D eigenvalue weighted by molar-refractivity contribution is -0.120. The summed E-state index contributed by atoms with van der Waals surface area (Å²) < 4.78 is 0.916. The molecule has 3 rings (SSSR count). The fourth-order valence-electron chi connectivity index (χ4n) is 3.10. The predicted molar refractivity (Wildman–Crippen MR) is 119 cm³/mol. The first-order valence-electron chi connectivity index (χ1n) is 9.54. The second-order valence-corrected chi connectivity index (χ2v) is 7.61. The van der Waals surface area contributed by atoms with Gasteiger partial charge < -0.3 is 10.6 Å². The molecule has 0 aromatic heterocycles. The van der Waals surface area contributed by atoms with Crippen LogP contribution in [0.25, 0.3) is 0 Å². The van der Waals surface area contributed by atoms with Gasteiger partial charge >= 0.3 is 0 Å². The van der Waals surface area contributed by atoms with Gasteiger partial charge in [-0.2, -0.15) is 0 Å². The van der Waals surface area contributed by atoms with Crippen molar-refractivity contribution in [3.05, 3.63) is 106 Å². The molecule has 0 fully saturated rings. The van der Waals surface area contributed by atoms with Crippen LogP contribution in [-0.4, -0.2) is 24.9 Å². The maximum atomic E-state index is 12.3. The lowest BCUT2D eigenvalue weighted by atomic mass is 9.91. The smallest absolute Gasteiger partial charge is 0.251 e. The molecule has 0 atom stereocenters. The van der Waals surface area contributed by atoms with Crippen LogP contribution >= 0.6 is 15.9 Å². The van der Waals surface area contributed by atoms with E-state index in [4.69, 9.17) is 0 Å². The van der Waals surface area contributed by atoms with Crippen molar-refractivity contribution in [3.63, 3.8) is 0 Å². The van der Waals surface area contributed by atoms with Crippen molar-refractivity contribution in [1.82, 2.24) is 10.6 Å². The van der Waals surface area contributed by atoms with E-state index in [1.165, 1.54) is 0 Å². The minimum Gasteiger partial charge on any atom is -0.355 e. The lowest BCUT2D eigenvalue weighted by Gasteiger charge is -2.19. The van der Waals surface area contributed by atoms with E-state index in [-0.39, 0.29) is 24.2 Å². The van der Waals surface area contributed by atoms with E-state index >= 15 is 0 Å². The Bertz CT molecular complexity index is 889. The van der Waals surface area contributed by atoms with Gasteiger partial charge in [0, 0.05) is 35.5 Å². The maximum Gasteiger partial charge on any atom is 0.251 e. The van der Waals surface area contributed by atoms with E-state index in [9.17, 15) is 9.59 Å². The highest BCUT2D eigenvalue weighted by atomic mass is 79.9. The number of rotatable bonds is 8. The molecule has 0 aliphatic carbocycles. The zero-order valence-corrected chi connectivity index (χ0v) is 17.6. The van der Waals surface area contributed by atoms with Crippen molar-refractivity contribution >= 4 is 27.7 Å². The SMILES string of the molecule is O=C(CCNC(=O)c1ccc(Br)cc1)NCC(c1ccccc1)c1ccccc1. The van der Waals surface area contributed by atoms with Gasteiger partial charge in [0.2, 0.25) is 5.91 Å². The Morgan fingerprint density at radius 1 is 0.759 bits per heavy atom. The van der Waals surface area contributed by atoms with Gasteiger partial charge in [-0.15, -0.1) is 0 Å². The molecule has 2 amide bonds. The second kappa shape index (κ2) is 10.6. The highest BCUT2D eigenvalue weighted by Gasteiger charge is 2.15. The Morgan fingerprint density at radius 2 is 1.31 bits per heavy atom. The third-order valence-electron chi connectivity index (χ3n) is 4.65. The van der Waals surface area contributed by atoms with Crippen LogP contribution in [-0.2, 0) is 4.79 Å². The molecule has 0 heterocycles. The zero-order chi connectivity index (χ0) is 20.5. The minimum absolute atomic E-state index is 0.0821. The first-order chi connectivity index (χ1) is 14.1. The number of hydrogen-bond acceptors (Lipinski definition) is 2. The van der Waals surface area contributed by atoms with E-state index in [0.29, 0.717) is 18.7 Å². The van der Waals surface area contributed by atoms with Crippen LogP contribution in [0.3, 0.4) is 0 Å². The zero-order valence-electron chi connectivity index (χ0n) is 16.0. The Morgan fingerprint density at radius 3 is 1.86 bits per heavy atom. The fraction of sp³-hybridized carbons (Fsp3) is 0.167. The summed E-state index contributed by atoms with van der Waals surface area (Å²) in [7, 11) is 0. The lowest BCUT2D eigenvalue weighted by Crippen LogP contribution is -2.33. The number of hydrogen-bond donors (Lipinski definition) is 2. The van der Waals surface area contributed by atoms with Gasteiger partial charge in [0.05, 0.1) is 0 Å². The van der Waals surface area contributed by atoms with Gasteiger partial charge in [0.1, 0.15) is 0 Å². The van der Waals surface area contributed by atoms with Crippen molar-refractivity contribution in [2.45, 2.75) is 12.3 Å². The third-order valence-corrected chi connectivity index (χ3v) is 5.18. The molecule has 5 heteroatoms. The molecule has 0 saturated carbocycles. The molecule has 0 aliphatic heterocycles. The number of nitrogens with one attached hydrogen (secondary N) is 2. The van der Waals surface area contributed by atoms with Gasteiger partial charge in [-0.25, -0.2) is 0 Å². The van der Waals surface area contributed by atoms with Gasteiger partial charge in [0.15, 0.2) is 0 Å². The summed E-state index contributed by atoms with van der Waals surface area (Å²) in [5.74, 6) is -0.187. The van der Waals surface area contributed by atoms with Gasteiger partial charge in [-0.05, 0) is 35.4 Å². The molecule has 3 aromatic carbocycles. The van der Waals surface area contributed by atoms with Gasteiger partial charge in [-0.3, -0.25) is 9.59 Å². The van der Waals surface area contributed by atoms with Crippen LogP contribution in [0.5, 0.6) is 0 Å². The van der Waals surface area contributed by atoms with Crippen LogP contribution in [0.1, 0.15) is 33.8 Å². The average Bonchev–Trinajstić information content (AvgIpc) is 2.76. The summed E-state index contributed by atoms with van der Waals surface area (Å²) in [6, 6.07) is 27.4. The molecular formula is C24H23BrN2O2. The molecule has 29 heavy (non-hydrogen) atoms. The molecule has 3 aromatic rings. The normalized spacial score (nSPS) is 10.6. The van der Waals surface area contributed by atoms with E-state index in [1.807, 2.05) is 48.5 Å². The molecule has 0 aliphatic rings. The van der Waals surface area contributed by atoms with Crippen LogP contribution in [0.15, 0.2) is 89.4 Å². The quantitative estimate of drug-likeness (QED) is 0.529. The molecule has 148 valence electrons. The van der Waals surface area contributed by atoms with E-state index < -0.39 is 0 Å². The first kappa shape index (κ1) is 20.8. The molecule has 0 spiro atoms. The molecule has 2 N–H and O–H groups in total. The Balaban J connectivity index is 1.51. The summed E-state index contributed by atoms with van der Waals surface area (Å²) in [6.07, 6.45) is 0.235. The minimum atomic E-state index is -0.184. The Hall–Kier alpha value is -2.92. The van der Waals surface area contributed by atoms with Crippen molar-refractivity contribution in [1.29, 1.82) is 0 Å². The summed E-state index contributed by atoms with van der Waals surface area (Å²) in [6.45, 7) is 0.801. The highest BCUT2D eigenvalue weighted by Crippen LogP contribution is 2.23. The average molecular weight is 451 g/mol. The van der Waals surface area contributed by atoms with Crippen LogP contribution in [0, 0.1) is 0 Å². The van der Waals surface area contributed by atoms with Gasteiger partial charge in [0.25, 0.3) is 5.91 Å². The van der Waals surface area contributed by atoms with Crippen molar-refractivity contribution in [2.75, 3.05) is 13.1 Å². The number of carbonyl (C=O) groups is 2. The maximum absolute atomic E-state index is 12.3. The molecule has 0 bridgehead atoms. The van der Waals surface area contributed by atoms with E-state index in [1.54, 1.807) is 12.1 Å². The first-order valence-corrected chi connectivity index (χ1v) is 10.3. The summed E-state index contributed by atoms with van der Waals surface area (Å²) in [4.78, 5) is 24.4. The Labute approximate surface area is 179 Å². The summed E-state index contributed by atoms with van der Waals surface area (Å²) >= 11 is 3.34. The molecule has 4 nitrogen and oxygen atoms in total. The standard InChI is InChI=1S/C24H23BrN2O2/c25-21-13-11-20(12-14-21)24(29)26-16-15-23(28)27-17-22(18-7-3-1-4-8-18)19-9-5-2-6-10-19/h1-14,22H,15-17H2,(H,26,29)(H,27,28). The number of amides is 2. The third kappa shape index (κ3) is 6.29. The van der Waals surface area contributed by atoms with Gasteiger partial charge in [-0.1, -0.05) is 76.6 Å². The van der Waals surface area contributed by atoms with Crippen LogP contribution < -0.4 is 10.6 Å². The largest absolute Gasteiger partial charge is 0.355 e. The van der Waals surface area contributed by atoms with Crippen molar-refractivity contribution in [3.8, 4) is 0 Å². The number of carbonyl (C=O) groups excluding carboxylic acids is 2. The van der Waals surface area contributed by atoms with Crippen LogP contribution in [0.2, 0.25) is 0 Å². The molecule has 0 unspecified atom stereocenters. The van der Waals surface area contributed by atoms with E-state index in [0.717, 1.165) is 15.6 Å². The van der Waals surface area contributed by atoms with E-state index in [2.05, 4.69) is 50.8 Å². The van der Waals surface area contributed by atoms with Crippen molar-refractivity contribution in [2.24, 2.45) is 0 Å². The molecule has 0 saturated heterocycles. The summed E-state index contributed by atoms with van der Waals surface area (Å²) in [5.41, 5.74) is 2.88.